The summed E-state index contributed by atoms with van der Waals surface area (Å²) in [4.78, 5) is 19.8. The summed E-state index contributed by atoms with van der Waals surface area (Å²) < 4.78 is 15.7. The van der Waals surface area contributed by atoms with E-state index in [1.165, 1.54) is 6.92 Å². The minimum absolute atomic E-state index is 0.227. The molecule has 4 atom stereocenters. The molecule has 0 aromatic rings. The van der Waals surface area contributed by atoms with Crippen molar-refractivity contribution < 1.29 is 29.0 Å². The summed E-state index contributed by atoms with van der Waals surface area (Å²) in [5, 5.41) is 21.0. The van der Waals surface area contributed by atoms with Crippen LogP contribution in [0.15, 0.2) is 0 Å². The lowest BCUT2D eigenvalue weighted by atomic mass is 10.1. The van der Waals surface area contributed by atoms with Gasteiger partial charge in [-0.2, -0.15) is 0 Å². The first-order chi connectivity index (χ1) is 7.71. The number of aliphatic hydroxyl groups excluding tert-OH is 2. The van der Waals surface area contributed by atoms with E-state index in [0.717, 1.165) is 6.66 Å². The number of nitrogens with one attached hydrogen (secondary N) is 1. The van der Waals surface area contributed by atoms with Crippen molar-refractivity contribution in [3.05, 3.63) is 0 Å². The van der Waals surface area contributed by atoms with Gasteiger partial charge in [0.25, 0.3) is 0 Å². The van der Waals surface area contributed by atoms with Crippen LogP contribution in [0.1, 0.15) is 6.92 Å². The zero-order chi connectivity index (χ0) is 13.6. The Balaban J connectivity index is 4.64. The molecule has 0 fully saturated rings. The molecular weight excluding hydrogens is 251 g/mol. The van der Waals surface area contributed by atoms with Crippen molar-refractivity contribution in [3.63, 3.8) is 0 Å². The van der Waals surface area contributed by atoms with Crippen LogP contribution in [0.25, 0.3) is 0 Å². The van der Waals surface area contributed by atoms with E-state index >= 15 is 0 Å². The number of hydrogen-bond donors (Lipinski definition) is 5. The van der Waals surface area contributed by atoms with Gasteiger partial charge in [-0.1, -0.05) is 0 Å². The van der Waals surface area contributed by atoms with E-state index in [1.807, 2.05) is 0 Å². The normalized spacial score (nSPS) is 20.1. The molecule has 9 heteroatoms. The van der Waals surface area contributed by atoms with E-state index in [-0.39, 0.29) is 6.54 Å². The largest absolute Gasteiger partial charge is 0.394 e. The molecule has 0 aliphatic heterocycles. The van der Waals surface area contributed by atoms with Crippen molar-refractivity contribution >= 4 is 13.5 Å². The van der Waals surface area contributed by atoms with Gasteiger partial charge in [-0.05, 0) is 0 Å². The Morgan fingerprint density at radius 1 is 1.59 bits per heavy atom. The van der Waals surface area contributed by atoms with Gasteiger partial charge in [-0.25, -0.2) is 0 Å². The summed E-state index contributed by atoms with van der Waals surface area (Å²) in [6.45, 7) is 1.40. The van der Waals surface area contributed by atoms with Crippen molar-refractivity contribution in [3.8, 4) is 0 Å². The summed E-state index contributed by atoms with van der Waals surface area (Å²) in [6, 6.07) is -1.01. The van der Waals surface area contributed by atoms with Crippen molar-refractivity contribution in [1.82, 2.24) is 5.32 Å². The van der Waals surface area contributed by atoms with Gasteiger partial charge in [0, 0.05) is 20.1 Å². The molecule has 0 bridgehead atoms. The first kappa shape index (κ1) is 16.5. The zero-order valence-corrected chi connectivity index (χ0v) is 10.6. The van der Waals surface area contributed by atoms with Crippen LogP contribution in [-0.4, -0.2) is 59.1 Å². The molecule has 1 amide bonds. The van der Waals surface area contributed by atoms with Crippen LogP contribution in [0, 0.1) is 0 Å². The van der Waals surface area contributed by atoms with Gasteiger partial charge in [0.2, 0.25) is 5.91 Å². The fourth-order valence-electron chi connectivity index (χ4n) is 1.26. The van der Waals surface area contributed by atoms with Crippen molar-refractivity contribution in [2.45, 2.75) is 25.2 Å². The molecule has 4 unspecified atom stereocenters. The third-order valence-electron chi connectivity index (χ3n) is 1.94. The van der Waals surface area contributed by atoms with Gasteiger partial charge in [0.15, 0.2) is 0 Å². The van der Waals surface area contributed by atoms with Crippen molar-refractivity contribution in [2.24, 2.45) is 5.73 Å². The third-order valence-corrected chi connectivity index (χ3v) is 2.60. The predicted molar refractivity (Wildman–Crippen MR) is 60.4 cm³/mol. The highest BCUT2D eigenvalue weighted by atomic mass is 31.2. The van der Waals surface area contributed by atoms with E-state index < -0.39 is 38.4 Å². The van der Waals surface area contributed by atoms with E-state index in [9.17, 15) is 14.5 Å². The summed E-state index contributed by atoms with van der Waals surface area (Å²) >= 11 is 0. The van der Waals surface area contributed by atoms with Crippen molar-refractivity contribution in [1.29, 1.82) is 0 Å². The highest BCUT2D eigenvalue weighted by molar-refractivity contribution is 7.51. The van der Waals surface area contributed by atoms with Crippen LogP contribution < -0.4 is 11.1 Å². The fraction of sp³-hybridized carbons (Fsp3) is 0.875. The Hall–Kier alpha value is -0.500. The Labute approximate surface area is 99.3 Å². The minimum atomic E-state index is -3.81. The topological polar surface area (TPSA) is 142 Å². The van der Waals surface area contributed by atoms with E-state index in [2.05, 4.69) is 9.84 Å². The third kappa shape index (κ3) is 6.72. The van der Waals surface area contributed by atoms with Crippen LogP contribution in [0.4, 0.5) is 0 Å². The first-order valence-electron chi connectivity index (χ1n) is 4.96. The molecule has 0 heterocycles. The second kappa shape index (κ2) is 7.05. The number of carbonyl (C=O) groups excluding carboxylic acids is 1. The lowest BCUT2D eigenvalue weighted by molar-refractivity contribution is -0.121. The molecule has 0 radical (unpaired) electrons. The molecule has 0 rings (SSSR count). The molecule has 6 N–H and O–H groups in total. The van der Waals surface area contributed by atoms with Gasteiger partial charge in [-0.3, -0.25) is 9.36 Å². The first-order valence-corrected chi connectivity index (χ1v) is 6.98. The molecular formula is C8H19N2O6P. The van der Waals surface area contributed by atoms with Gasteiger partial charge in [0.05, 0.1) is 12.6 Å². The van der Waals surface area contributed by atoms with Gasteiger partial charge in [-0.15, -0.1) is 0 Å². The summed E-state index contributed by atoms with van der Waals surface area (Å²) in [5.74, 6) is -0.456. The summed E-state index contributed by atoms with van der Waals surface area (Å²) in [6.07, 6.45) is -2.53. The molecule has 0 aromatic carbocycles. The Kier molecular flexibility index (Phi) is 6.84. The molecule has 17 heavy (non-hydrogen) atoms. The average molecular weight is 270 g/mol. The lowest BCUT2D eigenvalue weighted by Crippen LogP contribution is -2.52. The highest BCUT2D eigenvalue weighted by Crippen LogP contribution is 2.38. The average Bonchev–Trinajstić information content (AvgIpc) is 2.20. The zero-order valence-electron chi connectivity index (χ0n) is 9.74. The molecule has 0 spiro atoms. The standard InChI is InChI=1S/C8H19N2O6P/c1-5(12)10-6(4-11)8(13)7(3-9)16-17(2,14)15/h6-8,11,13H,3-4,9H2,1-2H3,(H,10,12)(H,14,15). The molecule has 102 valence electrons. The van der Waals surface area contributed by atoms with E-state index in [0.29, 0.717) is 0 Å². The number of nitrogens with two attached hydrogens (primary N) is 1. The second-order valence-corrected chi connectivity index (χ2v) is 5.48. The number of rotatable bonds is 7. The maximum Gasteiger partial charge on any atom is 0.325 e. The molecule has 0 aliphatic rings. The number of hydrogen-bond acceptors (Lipinski definition) is 6. The SMILES string of the molecule is CC(=O)NC(CO)C(O)C(CN)OP(C)(=O)O. The molecule has 0 aliphatic carbocycles. The van der Waals surface area contributed by atoms with Crippen LogP contribution in [-0.2, 0) is 13.9 Å². The Morgan fingerprint density at radius 2 is 2.12 bits per heavy atom. The highest BCUT2D eigenvalue weighted by Gasteiger charge is 2.31. The van der Waals surface area contributed by atoms with E-state index in [1.54, 1.807) is 0 Å². The number of aliphatic hydroxyl groups is 2. The quantitative estimate of drug-likeness (QED) is 0.337. The maximum atomic E-state index is 11.0. The Morgan fingerprint density at radius 3 is 2.41 bits per heavy atom. The number of amides is 1. The molecule has 0 saturated heterocycles. The monoisotopic (exact) mass is 270 g/mol. The molecule has 0 aromatic heterocycles. The van der Waals surface area contributed by atoms with Crippen LogP contribution in [0.5, 0.6) is 0 Å². The van der Waals surface area contributed by atoms with Gasteiger partial charge < -0.3 is 30.7 Å². The smallest absolute Gasteiger partial charge is 0.325 e. The predicted octanol–water partition coefficient (Wildman–Crippen LogP) is -2.00. The van der Waals surface area contributed by atoms with Crippen LogP contribution in [0.2, 0.25) is 0 Å². The molecule has 8 nitrogen and oxygen atoms in total. The second-order valence-electron chi connectivity index (χ2n) is 3.66. The van der Waals surface area contributed by atoms with Crippen molar-refractivity contribution in [2.75, 3.05) is 19.8 Å². The minimum Gasteiger partial charge on any atom is -0.394 e. The van der Waals surface area contributed by atoms with Crippen LogP contribution >= 0.6 is 7.60 Å². The fourth-order valence-corrected chi connectivity index (χ4v) is 1.97. The lowest BCUT2D eigenvalue weighted by Gasteiger charge is -2.28. The van der Waals surface area contributed by atoms with Crippen LogP contribution in [0.3, 0.4) is 0 Å². The maximum absolute atomic E-state index is 11.0. The Bertz CT molecular complexity index is 294. The molecule has 0 saturated carbocycles. The van der Waals surface area contributed by atoms with Gasteiger partial charge >= 0.3 is 7.60 Å². The van der Waals surface area contributed by atoms with E-state index in [4.69, 9.17) is 15.7 Å². The van der Waals surface area contributed by atoms with Gasteiger partial charge in [0.1, 0.15) is 12.2 Å². The summed E-state index contributed by atoms with van der Waals surface area (Å²) in [5.41, 5.74) is 5.29. The number of carbonyl (C=O) groups is 1. The summed E-state index contributed by atoms with van der Waals surface area (Å²) in [7, 11) is -3.81.